The molecule has 3 rings (SSSR count). The molecule has 0 atom stereocenters. The van der Waals surface area contributed by atoms with Crippen molar-refractivity contribution < 1.29 is 28.7 Å². The van der Waals surface area contributed by atoms with E-state index in [9.17, 15) is 9.13 Å². The van der Waals surface area contributed by atoms with Gasteiger partial charge in [-0.1, -0.05) is 0 Å². The molecule has 30 heavy (non-hydrogen) atoms. The molecule has 0 radical (unpaired) electrons. The molecule has 0 aliphatic carbocycles. The van der Waals surface area contributed by atoms with Gasteiger partial charge < -0.3 is 19.6 Å². The molecule has 0 spiro atoms. The first-order valence-electron chi connectivity index (χ1n) is 9.04. The van der Waals surface area contributed by atoms with Crippen molar-refractivity contribution in [2.75, 3.05) is 20.0 Å². The molecule has 0 saturated carbocycles. The first-order chi connectivity index (χ1) is 13.8. The molecular formula is C21H29O6P3. The van der Waals surface area contributed by atoms with E-state index in [-0.39, 0.29) is 0 Å². The van der Waals surface area contributed by atoms with E-state index in [2.05, 4.69) is 97.7 Å². The van der Waals surface area contributed by atoms with Crippen molar-refractivity contribution in [3.8, 4) is 0 Å². The van der Waals surface area contributed by atoms with Crippen molar-refractivity contribution in [3.05, 3.63) is 91.0 Å². The first kappa shape index (κ1) is 26.4. The molecular weight excluding hydrogens is 441 g/mol. The maximum atomic E-state index is 9.33. The van der Waals surface area contributed by atoms with Gasteiger partial charge in [-0.3, -0.25) is 9.13 Å². The molecule has 0 aliphatic heterocycles. The van der Waals surface area contributed by atoms with Gasteiger partial charge in [-0.25, -0.2) is 0 Å². The fourth-order valence-corrected chi connectivity index (χ4v) is 6.39. The van der Waals surface area contributed by atoms with E-state index >= 15 is 0 Å². The second-order valence-electron chi connectivity index (χ2n) is 6.89. The number of benzene rings is 3. The van der Waals surface area contributed by atoms with Gasteiger partial charge in [0.1, 0.15) is 0 Å². The fourth-order valence-electron chi connectivity index (χ4n) is 2.81. The van der Waals surface area contributed by atoms with Gasteiger partial charge in [-0.2, -0.15) is 0 Å². The van der Waals surface area contributed by atoms with Crippen molar-refractivity contribution in [2.45, 2.75) is 0 Å². The molecule has 0 aromatic heterocycles. The Morgan fingerprint density at radius 1 is 0.533 bits per heavy atom. The molecule has 0 saturated heterocycles. The maximum absolute atomic E-state index is 9.33. The Labute approximate surface area is 178 Å². The zero-order chi connectivity index (χ0) is 22.8. The van der Waals surface area contributed by atoms with E-state index in [4.69, 9.17) is 19.6 Å². The summed E-state index contributed by atoms with van der Waals surface area (Å²) in [6.07, 6.45) is 0. The molecule has 0 heterocycles. The Hall–Kier alpha value is -1.61. The molecule has 0 unspecified atom stereocenters. The van der Waals surface area contributed by atoms with Gasteiger partial charge >= 0.3 is 136 Å². The predicted molar refractivity (Wildman–Crippen MR) is 128 cm³/mol. The molecule has 3 aromatic carbocycles. The van der Waals surface area contributed by atoms with E-state index in [1.807, 2.05) is 0 Å². The van der Waals surface area contributed by atoms with E-state index in [1.54, 1.807) is 0 Å². The Morgan fingerprint density at radius 2 is 0.700 bits per heavy atom. The van der Waals surface area contributed by atoms with Crippen LogP contribution < -0.4 is 15.9 Å². The summed E-state index contributed by atoms with van der Waals surface area (Å²) in [6, 6.07) is 32.8. The van der Waals surface area contributed by atoms with Crippen molar-refractivity contribution in [1.29, 1.82) is 0 Å². The summed E-state index contributed by atoms with van der Waals surface area (Å²) < 4.78 is 18.7. The monoisotopic (exact) mass is 470 g/mol. The molecule has 4 N–H and O–H groups in total. The van der Waals surface area contributed by atoms with Gasteiger partial charge in [-0.05, 0) is 0 Å². The van der Waals surface area contributed by atoms with Crippen molar-refractivity contribution in [1.82, 2.24) is 0 Å². The third-order valence-electron chi connectivity index (χ3n) is 4.05. The van der Waals surface area contributed by atoms with Crippen molar-refractivity contribution >= 4 is 38.4 Å². The molecule has 9 heteroatoms. The fraction of sp³-hybridized carbons (Fsp3) is 0.143. The normalized spacial score (nSPS) is 12.0. The van der Waals surface area contributed by atoms with Crippen LogP contribution in [0.4, 0.5) is 0 Å². The van der Waals surface area contributed by atoms with Crippen LogP contribution in [0.5, 0.6) is 0 Å². The van der Waals surface area contributed by atoms with Crippen LogP contribution in [0, 0.1) is 0 Å². The van der Waals surface area contributed by atoms with Crippen LogP contribution in [0.2, 0.25) is 0 Å². The minimum atomic E-state index is -3.64. The van der Waals surface area contributed by atoms with E-state index in [0.29, 0.717) is 0 Å². The minimum absolute atomic E-state index is 0.854. The van der Waals surface area contributed by atoms with Crippen LogP contribution in [0.15, 0.2) is 91.0 Å². The first-order valence-corrected chi connectivity index (χ1v) is 15.7. The zero-order valence-electron chi connectivity index (χ0n) is 17.2. The SMILES string of the molecule is CP(=O)(O)O.CP(=O)(O)O.C[PH](c1ccccc1)(c1ccccc1)c1ccccc1. The Kier molecular flexibility index (Phi) is 10.3. The van der Waals surface area contributed by atoms with Gasteiger partial charge in [0.15, 0.2) is 0 Å². The summed E-state index contributed by atoms with van der Waals surface area (Å²) >= 11 is 0. The van der Waals surface area contributed by atoms with Crippen LogP contribution in [-0.2, 0) is 9.13 Å². The average molecular weight is 470 g/mol. The summed E-state index contributed by atoms with van der Waals surface area (Å²) in [5.41, 5.74) is 0. The van der Waals surface area contributed by atoms with Crippen LogP contribution >= 0.6 is 22.5 Å². The number of rotatable bonds is 3. The third-order valence-corrected chi connectivity index (χ3v) is 8.52. The van der Waals surface area contributed by atoms with Gasteiger partial charge in [0.25, 0.3) is 0 Å². The summed E-state index contributed by atoms with van der Waals surface area (Å²) in [6.45, 7) is 4.15. The summed E-state index contributed by atoms with van der Waals surface area (Å²) in [4.78, 5) is 30.5. The van der Waals surface area contributed by atoms with Gasteiger partial charge in [0.2, 0.25) is 0 Å². The van der Waals surface area contributed by atoms with Crippen LogP contribution in [-0.4, -0.2) is 39.6 Å². The Balaban J connectivity index is 0.000000378. The third kappa shape index (κ3) is 10.4. The standard InChI is InChI=1S/C19H19P.2CH5O3P/c1-20(17-11-5-2-6-12-17,18-13-7-3-8-14-18)19-15-9-4-10-16-19;2*1-5(2,3)4/h2-16,20H,1H3;2*1H3,(H2,2,3,4). The van der Waals surface area contributed by atoms with Crippen molar-refractivity contribution in [2.24, 2.45) is 0 Å². The van der Waals surface area contributed by atoms with Crippen LogP contribution in [0.3, 0.4) is 0 Å². The quantitative estimate of drug-likeness (QED) is 0.438. The molecule has 0 bridgehead atoms. The van der Waals surface area contributed by atoms with Gasteiger partial charge in [0.05, 0.1) is 0 Å². The van der Waals surface area contributed by atoms with E-state index in [1.165, 1.54) is 15.9 Å². The van der Waals surface area contributed by atoms with Crippen molar-refractivity contribution in [3.63, 3.8) is 0 Å². The average Bonchev–Trinajstić information content (AvgIpc) is 2.67. The number of hydrogen-bond acceptors (Lipinski definition) is 2. The zero-order valence-corrected chi connectivity index (χ0v) is 19.9. The molecule has 6 nitrogen and oxygen atoms in total. The van der Waals surface area contributed by atoms with Gasteiger partial charge in [-0.15, -0.1) is 0 Å². The van der Waals surface area contributed by atoms with Crippen LogP contribution in [0.1, 0.15) is 0 Å². The van der Waals surface area contributed by atoms with E-state index < -0.39 is 22.5 Å². The van der Waals surface area contributed by atoms with Gasteiger partial charge in [0, 0.05) is 13.3 Å². The summed E-state index contributed by atoms with van der Waals surface area (Å²) in [5, 5.41) is 4.37. The summed E-state index contributed by atoms with van der Waals surface area (Å²) in [5.74, 6) is 0. The Morgan fingerprint density at radius 3 is 0.867 bits per heavy atom. The number of hydrogen-bond donors (Lipinski definition) is 4. The second-order valence-corrected chi connectivity index (χ2v) is 14.2. The molecule has 3 aromatic rings. The summed E-state index contributed by atoms with van der Waals surface area (Å²) in [7, 11) is -9.16. The molecule has 0 amide bonds. The predicted octanol–water partition coefficient (Wildman–Crippen LogP) is 2.93. The molecule has 0 fully saturated rings. The second kappa shape index (κ2) is 11.7. The topological polar surface area (TPSA) is 115 Å². The van der Waals surface area contributed by atoms with E-state index in [0.717, 1.165) is 13.3 Å². The molecule has 164 valence electrons. The Bertz CT molecular complexity index is 836. The molecule has 0 aliphatic rings. The van der Waals surface area contributed by atoms with Crippen LogP contribution in [0.25, 0.3) is 0 Å².